The fourth-order valence-electron chi connectivity index (χ4n) is 2.46. The predicted octanol–water partition coefficient (Wildman–Crippen LogP) is 4.06. The lowest BCUT2D eigenvalue weighted by molar-refractivity contribution is -0.145. The zero-order valence-electron chi connectivity index (χ0n) is 15.5. The first kappa shape index (κ1) is 19.4. The molecule has 5 nitrogen and oxygen atoms in total. The summed E-state index contributed by atoms with van der Waals surface area (Å²) in [7, 11) is 0. The minimum atomic E-state index is -0.209. The number of esters is 2. The first-order valence-electron chi connectivity index (χ1n) is 9.00. The number of rotatable bonds is 9. The molecular formula is C20H28O5. The Morgan fingerprint density at radius 1 is 1.08 bits per heavy atom. The summed E-state index contributed by atoms with van der Waals surface area (Å²) in [4.78, 5) is 23.3. The Morgan fingerprint density at radius 3 is 2.36 bits per heavy atom. The van der Waals surface area contributed by atoms with E-state index < -0.39 is 0 Å². The van der Waals surface area contributed by atoms with E-state index in [0.29, 0.717) is 30.4 Å². The van der Waals surface area contributed by atoms with Crippen LogP contribution < -0.4 is 4.74 Å². The Balaban J connectivity index is 1.76. The molecule has 1 fully saturated rings. The number of ether oxygens (including phenoxy) is 3. The molecule has 3 unspecified atom stereocenters. The molecule has 0 radical (unpaired) electrons. The quantitative estimate of drug-likeness (QED) is 0.382. The molecule has 138 valence electrons. The average Bonchev–Trinajstić information content (AvgIpc) is 3.32. The summed E-state index contributed by atoms with van der Waals surface area (Å²) in [5.74, 6) is 0.759. The van der Waals surface area contributed by atoms with E-state index in [4.69, 9.17) is 14.2 Å². The highest BCUT2D eigenvalue weighted by Gasteiger charge is 2.41. The Bertz CT molecular complexity index is 578. The van der Waals surface area contributed by atoms with Crippen LogP contribution in [-0.4, -0.2) is 24.6 Å². The van der Waals surface area contributed by atoms with Gasteiger partial charge in [0.25, 0.3) is 0 Å². The SMILES string of the molecule is CCC(C)CC(=O)Oc1ccc(C2OC2COC(=O)CC(C)C)cc1. The van der Waals surface area contributed by atoms with Crippen molar-refractivity contribution >= 4 is 11.9 Å². The Labute approximate surface area is 149 Å². The molecule has 1 aromatic rings. The van der Waals surface area contributed by atoms with Gasteiger partial charge in [0.15, 0.2) is 0 Å². The van der Waals surface area contributed by atoms with E-state index in [1.165, 1.54) is 0 Å². The minimum Gasteiger partial charge on any atom is -0.463 e. The van der Waals surface area contributed by atoms with E-state index in [0.717, 1.165) is 12.0 Å². The van der Waals surface area contributed by atoms with Crippen LogP contribution in [-0.2, 0) is 19.1 Å². The third kappa shape index (κ3) is 6.50. The van der Waals surface area contributed by atoms with Crippen LogP contribution in [0.5, 0.6) is 5.75 Å². The molecule has 0 aromatic heterocycles. The van der Waals surface area contributed by atoms with Gasteiger partial charge in [-0.25, -0.2) is 0 Å². The number of benzene rings is 1. The summed E-state index contributed by atoms with van der Waals surface area (Å²) in [5, 5.41) is 0. The van der Waals surface area contributed by atoms with Crippen LogP contribution >= 0.6 is 0 Å². The smallest absolute Gasteiger partial charge is 0.311 e. The predicted molar refractivity (Wildman–Crippen MR) is 94.2 cm³/mol. The van der Waals surface area contributed by atoms with E-state index in [1.54, 1.807) is 12.1 Å². The van der Waals surface area contributed by atoms with Crippen LogP contribution in [0, 0.1) is 11.8 Å². The fourth-order valence-corrected chi connectivity index (χ4v) is 2.46. The monoisotopic (exact) mass is 348 g/mol. The highest BCUT2D eigenvalue weighted by Crippen LogP contribution is 2.39. The molecule has 0 N–H and O–H groups in total. The molecule has 2 rings (SSSR count). The summed E-state index contributed by atoms with van der Waals surface area (Å²) in [6, 6.07) is 7.31. The highest BCUT2D eigenvalue weighted by molar-refractivity contribution is 5.72. The van der Waals surface area contributed by atoms with Gasteiger partial charge in [0.2, 0.25) is 0 Å². The standard InChI is InChI=1S/C20H28O5/c1-5-14(4)11-19(22)24-16-8-6-15(7-9-16)20-17(25-20)12-23-18(21)10-13(2)3/h6-9,13-14,17,20H,5,10-12H2,1-4H3. The van der Waals surface area contributed by atoms with Gasteiger partial charge in [-0.15, -0.1) is 0 Å². The van der Waals surface area contributed by atoms with E-state index >= 15 is 0 Å². The van der Waals surface area contributed by atoms with Crippen molar-refractivity contribution in [2.24, 2.45) is 11.8 Å². The second-order valence-corrected chi connectivity index (χ2v) is 7.14. The van der Waals surface area contributed by atoms with Gasteiger partial charge in [-0.2, -0.15) is 0 Å². The Hall–Kier alpha value is -1.88. The van der Waals surface area contributed by atoms with Gasteiger partial charge >= 0.3 is 11.9 Å². The normalized spacial score (nSPS) is 20.2. The number of carbonyl (C=O) groups is 2. The van der Waals surface area contributed by atoms with E-state index in [1.807, 2.05) is 32.9 Å². The number of carbonyl (C=O) groups excluding carboxylic acids is 2. The van der Waals surface area contributed by atoms with Crippen molar-refractivity contribution in [1.82, 2.24) is 0 Å². The molecule has 0 aliphatic carbocycles. The van der Waals surface area contributed by atoms with Gasteiger partial charge in [0, 0.05) is 12.8 Å². The lowest BCUT2D eigenvalue weighted by atomic mass is 10.1. The van der Waals surface area contributed by atoms with Crippen molar-refractivity contribution in [3.63, 3.8) is 0 Å². The first-order valence-corrected chi connectivity index (χ1v) is 9.00. The first-order chi connectivity index (χ1) is 11.9. The Morgan fingerprint density at radius 2 is 1.76 bits per heavy atom. The van der Waals surface area contributed by atoms with Crippen molar-refractivity contribution < 1.29 is 23.8 Å². The van der Waals surface area contributed by atoms with Crippen molar-refractivity contribution in [2.75, 3.05) is 6.61 Å². The van der Waals surface area contributed by atoms with Crippen molar-refractivity contribution in [2.45, 2.75) is 59.2 Å². The van der Waals surface area contributed by atoms with Gasteiger partial charge in [-0.1, -0.05) is 46.2 Å². The Kier molecular flexibility index (Phi) is 7.00. The van der Waals surface area contributed by atoms with Gasteiger partial charge in [-0.05, 0) is 29.5 Å². The van der Waals surface area contributed by atoms with E-state index in [-0.39, 0.29) is 30.8 Å². The van der Waals surface area contributed by atoms with Crippen LogP contribution in [0.3, 0.4) is 0 Å². The molecule has 1 saturated heterocycles. The molecule has 25 heavy (non-hydrogen) atoms. The zero-order valence-corrected chi connectivity index (χ0v) is 15.5. The van der Waals surface area contributed by atoms with Gasteiger partial charge in [-0.3, -0.25) is 9.59 Å². The van der Waals surface area contributed by atoms with Crippen LogP contribution in [0.15, 0.2) is 24.3 Å². The summed E-state index contributed by atoms with van der Waals surface area (Å²) in [5.41, 5.74) is 0.992. The lowest BCUT2D eigenvalue weighted by Gasteiger charge is -2.08. The molecule has 0 amide bonds. The second kappa shape index (κ2) is 8.99. The van der Waals surface area contributed by atoms with Crippen LogP contribution in [0.2, 0.25) is 0 Å². The summed E-state index contributed by atoms with van der Waals surface area (Å²) in [6.07, 6.45) is 1.66. The van der Waals surface area contributed by atoms with Crippen LogP contribution in [0.4, 0.5) is 0 Å². The third-order valence-corrected chi connectivity index (χ3v) is 4.22. The summed E-state index contributed by atoms with van der Waals surface area (Å²) in [6.45, 7) is 8.33. The van der Waals surface area contributed by atoms with Crippen molar-refractivity contribution in [3.05, 3.63) is 29.8 Å². The largest absolute Gasteiger partial charge is 0.463 e. The van der Waals surface area contributed by atoms with Crippen molar-refractivity contribution in [1.29, 1.82) is 0 Å². The molecule has 1 aromatic carbocycles. The van der Waals surface area contributed by atoms with E-state index in [2.05, 4.69) is 6.92 Å². The molecule has 0 bridgehead atoms. The number of epoxide rings is 1. The molecule has 3 atom stereocenters. The molecular weight excluding hydrogens is 320 g/mol. The van der Waals surface area contributed by atoms with E-state index in [9.17, 15) is 9.59 Å². The molecule has 1 aliphatic heterocycles. The maximum Gasteiger partial charge on any atom is 0.311 e. The molecule has 0 saturated carbocycles. The highest BCUT2D eigenvalue weighted by atomic mass is 16.6. The number of hydrogen-bond acceptors (Lipinski definition) is 5. The zero-order chi connectivity index (χ0) is 18.4. The second-order valence-electron chi connectivity index (χ2n) is 7.14. The van der Waals surface area contributed by atoms with Gasteiger partial charge in [0.05, 0.1) is 0 Å². The summed E-state index contributed by atoms with van der Waals surface area (Å²) < 4.78 is 16.1. The van der Waals surface area contributed by atoms with Gasteiger partial charge in [0.1, 0.15) is 24.6 Å². The topological polar surface area (TPSA) is 65.1 Å². The van der Waals surface area contributed by atoms with Crippen molar-refractivity contribution in [3.8, 4) is 5.75 Å². The maximum atomic E-state index is 11.8. The molecule has 0 spiro atoms. The lowest BCUT2D eigenvalue weighted by Crippen LogP contribution is -2.12. The molecule has 1 heterocycles. The number of hydrogen-bond donors (Lipinski definition) is 0. The average molecular weight is 348 g/mol. The van der Waals surface area contributed by atoms with Crippen LogP contribution in [0.1, 0.15) is 58.6 Å². The summed E-state index contributed by atoms with van der Waals surface area (Å²) >= 11 is 0. The maximum absolute atomic E-state index is 11.8. The minimum absolute atomic E-state index is 0.0586. The molecule has 5 heteroatoms. The van der Waals surface area contributed by atoms with Gasteiger partial charge < -0.3 is 14.2 Å². The molecule has 1 aliphatic rings. The fraction of sp³-hybridized carbons (Fsp3) is 0.600. The van der Waals surface area contributed by atoms with Crippen LogP contribution in [0.25, 0.3) is 0 Å². The third-order valence-electron chi connectivity index (χ3n) is 4.22.